The van der Waals surface area contributed by atoms with Gasteiger partial charge in [0.1, 0.15) is 0 Å². The third kappa shape index (κ3) is 2.77. The Kier molecular flexibility index (Phi) is 3.88. The average molecular weight is 304 g/mol. The Labute approximate surface area is 130 Å². The van der Waals surface area contributed by atoms with Crippen LogP contribution in [0.4, 0.5) is 0 Å². The summed E-state index contributed by atoms with van der Waals surface area (Å²) < 4.78 is 7.62. The van der Waals surface area contributed by atoms with E-state index in [0.29, 0.717) is 31.7 Å². The number of nitrogens with one attached hydrogen (secondary N) is 1. The van der Waals surface area contributed by atoms with Crippen LogP contribution in [0, 0.1) is 5.92 Å². The molecule has 1 saturated carbocycles. The molecule has 1 aromatic rings. The number of fused-ring (bicyclic) bond motifs is 1. The van der Waals surface area contributed by atoms with E-state index in [2.05, 4.69) is 16.5 Å². The highest BCUT2D eigenvalue weighted by Gasteiger charge is 2.39. The minimum atomic E-state index is 0.219. The number of carbonyl (C=O) groups excluding carboxylic acids is 1. The lowest BCUT2D eigenvalue weighted by Crippen LogP contribution is -2.52. The Morgan fingerprint density at radius 3 is 3.14 bits per heavy atom. The molecular weight excluding hydrogens is 280 g/mol. The number of hydrogen-bond acceptors (Lipinski definition) is 4. The first-order valence-electron chi connectivity index (χ1n) is 8.45. The summed E-state index contributed by atoms with van der Waals surface area (Å²) in [7, 11) is 0. The molecule has 22 heavy (non-hydrogen) atoms. The van der Waals surface area contributed by atoms with Crippen molar-refractivity contribution in [2.24, 2.45) is 5.92 Å². The molecule has 6 heteroatoms. The van der Waals surface area contributed by atoms with E-state index in [1.807, 2.05) is 15.8 Å². The van der Waals surface area contributed by atoms with Gasteiger partial charge in [0, 0.05) is 25.3 Å². The average Bonchev–Trinajstić information content (AvgIpc) is 3.29. The molecule has 6 nitrogen and oxygen atoms in total. The molecule has 1 aromatic heterocycles. The molecule has 2 aliphatic heterocycles. The third-order valence-corrected chi connectivity index (χ3v) is 5.12. The number of hydrogen-bond donors (Lipinski definition) is 1. The molecule has 0 aromatic carbocycles. The van der Waals surface area contributed by atoms with Gasteiger partial charge in [0.15, 0.2) is 0 Å². The summed E-state index contributed by atoms with van der Waals surface area (Å²) >= 11 is 0. The van der Waals surface area contributed by atoms with Crippen molar-refractivity contribution in [3.05, 3.63) is 18.0 Å². The van der Waals surface area contributed by atoms with E-state index in [1.54, 1.807) is 0 Å². The summed E-state index contributed by atoms with van der Waals surface area (Å²) in [5.74, 6) is 0.886. The zero-order valence-electron chi connectivity index (χ0n) is 12.9. The van der Waals surface area contributed by atoms with Gasteiger partial charge in [-0.15, -0.1) is 0 Å². The van der Waals surface area contributed by atoms with Crippen molar-refractivity contribution in [3.63, 3.8) is 0 Å². The second kappa shape index (κ2) is 6.01. The maximum atomic E-state index is 12.6. The van der Waals surface area contributed by atoms with E-state index in [9.17, 15) is 4.79 Å². The Hall–Kier alpha value is -1.40. The van der Waals surface area contributed by atoms with Crippen LogP contribution in [0.1, 0.15) is 37.4 Å². The lowest BCUT2D eigenvalue weighted by Gasteiger charge is -2.36. The van der Waals surface area contributed by atoms with Crippen LogP contribution < -0.4 is 5.32 Å². The van der Waals surface area contributed by atoms with Gasteiger partial charge in [-0.2, -0.15) is 5.10 Å². The van der Waals surface area contributed by atoms with Crippen LogP contribution in [0.25, 0.3) is 0 Å². The zero-order chi connectivity index (χ0) is 14.9. The van der Waals surface area contributed by atoms with Crippen molar-refractivity contribution in [2.75, 3.05) is 26.3 Å². The summed E-state index contributed by atoms with van der Waals surface area (Å²) in [5.41, 5.74) is 1.21. The first kappa shape index (κ1) is 14.2. The fraction of sp³-hybridized carbons (Fsp3) is 0.750. The van der Waals surface area contributed by atoms with Crippen LogP contribution in [0.2, 0.25) is 0 Å². The Morgan fingerprint density at radius 1 is 1.36 bits per heavy atom. The van der Waals surface area contributed by atoms with E-state index >= 15 is 0 Å². The molecule has 3 heterocycles. The van der Waals surface area contributed by atoms with Crippen molar-refractivity contribution in [1.29, 1.82) is 0 Å². The van der Waals surface area contributed by atoms with Gasteiger partial charge in [-0.1, -0.05) is 0 Å². The standard InChI is InChI=1S/C16H24N4O2/c21-16(19-8-9-22-11-15(19)12-3-4-12)10-17-13-2-1-7-20-14(13)5-6-18-20/h5-6,12-13,15,17H,1-4,7-11H2. The smallest absolute Gasteiger partial charge is 0.236 e. The van der Waals surface area contributed by atoms with Gasteiger partial charge in [-0.3, -0.25) is 9.48 Å². The lowest BCUT2D eigenvalue weighted by atomic mass is 10.0. The second-order valence-corrected chi connectivity index (χ2v) is 6.62. The number of aryl methyl sites for hydroxylation is 1. The van der Waals surface area contributed by atoms with Crippen molar-refractivity contribution < 1.29 is 9.53 Å². The quantitative estimate of drug-likeness (QED) is 0.899. The summed E-state index contributed by atoms with van der Waals surface area (Å²) in [6.07, 6.45) is 6.53. The normalized spacial score (nSPS) is 28.5. The summed E-state index contributed by atoms with van der Waals surface area (Å²) in [6, 6.07) is 2.61. The maximum Gasteiger partial charge on any atom is 0.236 e. The SMILES string of the molecule is O=C(CNC1CCCn2nccc21)N1CCOCC1C1CC1. The number of nitrogens with zero attached hydrogens (tertiary/aromatic N) is 3. The van der Waals surface area contributed by atoms with Gasteiger partial charge >= 0.3 is 0 Å². The molecule has 120 valence electrons. The largest absolute Gasteiger partial charge is 0.377 e. The van der Waals surface area contributed by atoms with E-state index in [1.165, 1.54) is 18.5 Å². The van der Waals surface area contributed by atoms with Gasteiger partial charge < -0.3 is 15.0 Å². The number of aromatic nitrogens is 2. The Morgan fingerprint density at radius 2 is 2.27 bits per heavy atom. The van der Waals surface area contributed by atoms with Gasteiger partial charge in [0.05, 0.1) is 31.5 Å². The van der Waals surface area contributed by atoms with Crippen LogP contribution in [-0.4, -0.2) is 52.9 Å². The lowest BCUT2D eigenvalue weighted by molar-refractivity contribution is -0.140. The van der Waals surface area contributed by atoms with E-state index < -0.39 is 0 Å². The van der Waals surface area contributed by atoms with E-state index in [-0.39, 0.29) is 11.9 Å². The molecule has 2 unspecified atom stereocenters. The van der Waals surface area contributed by atoms with Gasteiger partial charge in [-0.25, -0.2) is 0 Å². The first-order valence-corrected chi connectivity index (χ1v) is 8.45. The van der Waals surface area contributed by atoms with Crippen molar-refractivity contribution in [1.82, 2.24) is 20.0 Å². The second-order valence-electron chi connectivity index (χ2n) is 6.62. The van der Waals surface area contributed by atoms with Crippen LogP contribution >= 0.6 is 0 Å². The Balaban J connectivity index is 1.36. The molecule has 1 saturated heterocycles. The molecule has 4 rings (SSSR count). The van der Waals surface area contributed by atoms with Crippen LogP contribution in [-0.2, 0) is 16.1 Å². The summed E-state index contributed by atoms with van der Waals surface area (Å²) in [6.45, 7) is 3.53. The fourth-order valence-corrected chi connectivity index (χ4v) is 3.74. The molecule has 1 amide bonds. The number of ether oxygens (including phenoxy) is 1. The highest BCUT2D eigenvalue weighted by Crippen LogP contribution is 2.36. The highest BCUT2D eigenvalue weighted by atomic mass is 16.5. The molecule has 2 atom stereocenters. The maximum absolute atomic E-state index is 12.6. The summed E-state index contributed by atoms with van der Waals surface area (Å²) in [5, 5.41) is 7.78. The number of rotatable bonds is 4. The van der Waals surface area contributed by atoms with Crippen molar-refractivity contribution >= 4 is 5.91 Å². The molecule has 1 aliphatic carbocycles. The third-order valence-electron chi connectivity index (χ3n) is 5.12. The molecule has 2 fully saturated rings. The minimum absolute atomic E-state index is 0.219. The molecular formula is C16H24N4O2. The molecule has 0 radical (unpaired) electrons. The van der Waals surface area contributed by atoms with Gasteiger partial charge in [0.2, 0.25) is 5.91 Å². The van der Waals surface area contributed by atoms with Gasteiger partial charge in [-0.05, 0) is 37.7 Å². The molecule has 0 spiro atoms. The Bertz CT molecular complexity index is 540. The topological polar surface area (TPSA) is 59.4 Å². The van der Waals surface area contributed by atoms with Crippen LogP contribution in [0.3, 0.4) is 0 Å². The predicted octanol–water partition coefficient (Wildman–Crippen LogP) is 0.945. The number of morpholine rings is 1. The summed E-state index contributed by atoms with van der Waals surface area (Å²) in [4.78, 5) is 14.7. The van der Waals surface area contributed by atoms with Crippen LogP contribution in [0.5, 0.6) is 0 Å². The van der Waals surface area contributed by atoms with Crippen molar-refractivity contribution in [3.8, 4) is 0 Å². The van der Waals surface area contributed by atoms with Gasteiger partial charge in [0.25, 0.3) is 0 Å². The van der Waals surface area contributed by atoms with E-state index in [4.69, 9.17) is 4.74 Å². The zero-order valence-corrected chi connectivity index (χ0v) is 12.9. The minimum Gasteiger partial charge on any atom is -0.377 e. The predicted molar refractivity (Wildman–Crippen MR) is 81.2 cm³/mol. The highest BCUT2D eigenvalue weighted by molar-refractivity contribution is 5.78. The van der Waals surface area contributed by atoms with Crippen molar-refractivity contribution in [2.45, 2.75) is 44.3 Å². The number of carbonyl (C=O) groups is 1. The molecule has 1 N–H and O–H groups in total. The fourth-order valence-electron chi connectivity index (χ4n) is 3.74. The molecule has 3 aliphatic rings. The van der Waals surface area contributed by atoms with Crippen LogP contribution in [0.15, 0.2) is 12.3 Å². The monoisotopic (exact) mass is 304 g/mol. The van der Waals surface area contributed by atoms with E-state index in [0.717, 1.165) is 25.9 Å². The molecule has 0 bridgehead atoms. The first-order chi connectivity index (χ1) is 10.8. The number of amides is 1.